The fourth-order valence-electron chi connectivity index (χ4n) is 3.82. The molecular formula is C25H32NSi. The van der Waals surface area contributed by atoms with Crippen molar-refractivity contribution in [3.05, 3.63) is 82.7 Å². The molecule has 0 saturated heterocycles. The van der Waals surface area contributed by atoms with Gasteiger partial charge in [0, 0.05) is 0 Å². The first kappa shape index (κ1) is 19.7. The first-order chi connectivity index (χ1) is 13.1. The molecule has 141 valence electrons. The van der Waals surface area contributed by atoms with E-state index in [4.69, 9.17) is 0 Å². The van der Waals surface area contributed by atoms with Gasteiger partial charge in [-0.1, -0.05) is 81.4 Å². The summed E-state index contributed by atoms with van der Waals surface area (Å²) in [5.74, 6) is 0. The molecule has 27 heavy (non-hydrogen) atoms. The van der Waals surface area contributed by atoms with Crippen molar-refractivity contribution in [1.82, 2.24) is 5.32 Å². The lowest BCUT2D eigenvalue weighted by Crippen LogP contribution is -2.24. The number of dihydropyridines is 1. The van der Waals surface area contributed by atoms with Crippen LogP contribution in [0.2, 0.25) is 13.1 Å². The number of unbranched alkanes of at least 4 members (excludes halogenated alkanes) is 2. The summed E-state index contributed by atoms with van der Waals surface area (Å²) in [6.45, 7) is 9.30. The second-order valence-electron chi connectivity index (χ2n) is 7.79. The highest BCUT2D eigenvalue weighted by molar-refractivity contribution is 6.65. The zero-order chi connectivity index (χ0) is 19.2. The smallest absolute Gasteiger partial charge is 0.0814 e. The van der Waals surface area contributed by atoms with Gasteiger partial charge in [0.25, 0.3) is 0 Å². The highest BCUT2D eigenvalue weighted by atomic mass is 28.3. The summed E-state index contributed by atoms with van der Waals surface area (Å²) in [5, 5.41) is 5.27. The molecule has 0 fully saturated rings. The van der Waals surface area contributed by atoms with E-state index < -0.39 is 8.80 Å². The minimum absolute atomic E-state index is 0.274. The van der Waals surface area contributed by atoms with Crippen LogP contribution in [0.5, 0.6) is 0 Å². The van der Waals surface area contributed by atoms with Crippen LogP contribution >= 0.6 is 0 Å². The van der Waals surface area contributed by atoms with Crippen LogP contribution in [0, 0.1) is 6.92 Å². The monoisotopic (exact) mass is 374 g/mol. The fourth-order valence-corrected chi connectivity index (χ4v) is 5.04. The highest BCUT2D eigenvalue weighted by Crippen LogP contribution is 2.32. The molecule has 1 atom stereocenters. The quantitative estimate of drug-likeness (QED) is 0.407. The standard InChI is InChI=1S/C25H32NSi/c1-5-6-8-13-22-17-24(26-18-25(22)27(3)4)23-16-21(15-14-19(23)2)20-11-9-7-10-12-20/h7,9-12,14-18,24,26H,5-6,8,13H2,1-4H3. The van der Waals surface area contributed by atoms with Crippen molar-refractivity contribution in [2.45, 2.75) is 58.7 Å². The molecule has 2 aromatic carbocycles. The maximum absolute atomic E-state index is 3.69. The third kappa shape index (κ3) is 4.81. The van der Waals surface area contributed by atoms with E-state index in [-0.39, 0.29) is 6.04 Å². The Labute approximate surface area is 166 Å². The van der Waals surface area contributed by atoms with Gasteiger partial charge in [-0.05, 0) is 65.1 Å². The molecular weight excluding hydrogens is 342 g/mol. The largest absolute Gasteiger partial charge is 0.381 e. The second-order valence-corrected chi connectivity index (χ2v) is 10.3. The second kappa shape index (κ2) is 9.23. The summed E-state index contributed by atoms with van der Waals surface area (Å²) in [7, 11) is -0.455. The van der Waals surface area contributed by atoms with Crippen LogP contribution in [0.4, 0.5) is 0 Å². The predicted octanol–water partition coefficient (Wildman–Crippen LogP) is 6.99. The molecule has 1 aliphatic rings. The Hall–Kier alpha value is -2.06. The average Bonchev–Trinajstić information content (AvgIpc) is 2.69. The minimum Gasteiger partial charge on any atom is -0.381 e. The van der Waals surface area contributed by atoms with Crippen molar-refractivity contribution < 1.29 is 0 Å². The maximum atomic E-state index is 3.69. The van der Waals surface area contributed by atoms with Gasteiger partial charge in [-0.25, -0.2) is 0 Å². The van der Waals surface area contributed by atoms with Crippen molar-refractivity contribution in [2.75, 3.05) is 0 Å². The molecule has 1 heterocycles. The maximum Gasteiger partial charge on any atom is 0.0814 e. The number of allylic oxidation sites excluding steroid dienone is 2. The normalized spacial score (nSPS) is 16.7. The topological polar surface area (TPSA) is 12.0 Å². The molecule has 0 aromatic heterocycles. The summed E-state index contributed by atoms with van der Waals surface area (Å²) < 4.78 is 0. The SMILES string of the molecule is CCCCCC1=CC(c2cc(-c3ccccc3)ccc2C)NC=C1[Si](C)C. The Morgan fingerprint density at radius 2 is 1.74 bits per heavy atom. The number of hydrogen-bond acceptors (Lipinski definition) is 1. The van der Waals surface area contributed by atoms with Crippen LogP contribution in [0.3, 0.4) is 0 Å². The van der Waals surface area contributed by atoms with E-state index in [2.05, 4.69) is 93.1 Å². The van der Waals surface area contributed by atoms with Crippen molar-refractivity contribution in [3.63, 3.8) is 0 Å². The number of benzene rings is 2. The lowest BCUT2D eigenvalue weighted by Gasteiger charge is -2.27. The van der Waals surface area contributed by atoms with Gasteiger partial charge in [0.05, 0.1) is 14.8 Å². The molecule has 0 aliphatic carbocycles. The highest BCUT2D eigenvalue weighted by Gasteiger charge is 2.20. The summed E-state index contributed by atoms with van der Waals surface area (Å²) in [4.78, 5) is 0. The Balaban J connectivity index is 1.91. The lowest BCUT2D eigenvalue weighted by molar-refractivity contribution is 0.687. The molecule has 1 nitrogen and oxygen atoms in total. The first-order valence-corrected chi connectivity index (χ1v) is 12.7. The van der Waals surface area contributed by atoms with Gasteiger partial charge in [0.15, 0.2) is 0 Å². The van der Waals surface area contributed by atoms with Gasteiger partial charge in [0.2, 0.25) is 0 Å². The number of rotatable bonds is 7. The van der Waals surface area contributed by atoms with E-state index >= 15 is 0 Å². The van der Waals surface area contributed by atoms with E-state index in [0.29, 0.717) is 0 Å². The summed E-state index contributed by atoms with van der Waals surface area (Å²) in [5.41, 5.74) is 6.90. The molecule has 0 bridgehead atoms. The van der Waals surface area contributed by atoms with Crippen molar-refractivity contribution in [3.8, 4) is 11.1 Å². The Morgan fingerprint density at radius 1 is 0.963 bits per heavy atom. The summed E-state index contributed by atoms with van der Waals surface area (Å²) in [6, 6.07) is 17.8. The Kier molecular flexibility index (Phi) is 6.73. The zero-order valence-electron chi connectivity index (χ0n) is 17.2. The molecule has 0 amide bonds. The third-order valence-corrected chi connectivity index (χ3v) is 6.97. The van der Waals surface area contributed by atoms with Crippen molar-refractivity contribution >= 4 is 8.80 Å². The van der Waals surface area contributed by atoms with Crippen LogP contribution in [0.25, 0.3) is 11.1 Å². The van der Waals surface area contributed by atoms with E-state index in [1.165, 1.54) is 47.9 Å². The van der Waals surface area contributed by atoms with Gasteiger partial charge >= 0.3 is 0 Å². The van der Waals surface area contributed by atoms with E-state index in [1.807, 2.05) is 0 Å². The van der Waals surface area contributed by atoms with E-state index in [1.54, 1.807) is 10.8 Å². The van der Waals surface area contributed by atoms with Crippen LogP contribution in [-0.2, 0) is 0 Å². The average molecular weight is 375 g/mol. The first-order valence-electron chi connectivity index (χ1n) is 10.2. The summed E-state index contributed by atoms with van der Waals surface area (Å²) in [6.07, 6.45) is 9.92. The number of aryl methyl sites for hydroxylation is 1. The number of hydrogen-bond donors (Lipinski definition) is 1. The van der Waals surface area contributed by atoms with E-state index in [9.17, 15) is 0 Å². The molecule has 1 unspecified atom stereocenters. The molecule has 0 spiro atoms. The van der Waals surface area contributed by atoms with Gasteiger partial charge in [-0.15, -0.1) is 0 Å². The van der Waals surface area contributed by atoms with Crippen LogP contribution < -0.4 is 5.32 Å². The molecule has 0 saturated carbocycles. The van der Waals surface area contributed by atoms with E-state index in [0.717, 1.165) is 0 Å². The molecule has 2 aromatic rings. The van der Waals surface area contributed by atoms with Gasteiger partial charge in [0.1, 0.15) is 0 Å². The Morgan fingerprint density at radius 3 is 2.44 bits per heavy atom. The third-order valence-electron chi connectivity index (χ3n) is 5.43. The van der Waals surface area contributed by atoms with Gasteiger partial charge in [-0.3, -0.25) is 0 Å². The zero-order valence-corrected chi connectivity index (χ0v) is 18.2. The van der Waals surface area contributed by atoms with Gasteiger partial charge < -0.3 is 5.32 Å². The molecule has 3 rings (SSSR count). The molecule has 2 heteroatoms. The summed E-state index contributed by atoms with van der Waals surface area (Å²) >= 11 is 0. The molecule has 1 radical (unpaired) electrons. The van der Waals surface area contributed by atoms with Gasteiger partial charge in [-0.2, -0.15) is 0 Å². The molecule has 1 N–H and O–H groups in total. The van der Waals surface area contributed by atoms with Crippen LogP contribution in [0.15, 0.2) is 71.6 Å². The van der Waals surface area contributed by atoms with Crippen molar-refractivity contribution in [2.24, 2.45) is 0 Å². The molecule has 1 aliphatic heterocycles. The minimum atomic E-state index is -0.455. The van der Waals surface area contributed by atoms with Crippen LogP contribution in [-0.4, -0.2) is 8.80 Å². The Bertz CT molecular complexity index is 817. The fraction of sp³-hybridized carbons (Fsp3) is 0.360. The lowest BCUT2D eigenvalue weighted by atomic mass is 9.92. The van der Waals surface area contributed by atoms with Crippen molar-refractivity contribution in [1.29, 1.82) is 0 Å². The number of nitrogens with one attached hydrogen (secondary N) is 1. The predicted molar refractivity (Wildman–Crippen MR) is 120 cm³/mol. The van der Waals surface area contributed by atoms with Crippen LogP contribution in [0.1, 0.15) is 49.8 Å².